The summed E-state index contributed by atoms with van der Waals surface area (Å²) >= 11 is 0. The molecule has 1 saturated heterocycles. The third-order valence-electron chi connectivity index (χ3n) is 4.54. The topological polar surface area (TPSA) is 94.9 Å². The molecule has 1 aromatic carbocycles. The first-order valence-corrected chi connectivity index (χ1v) is 10.3. The fourth-order valence-electron chi connectivity index (χ4n) is 2.92. The maximum atomic E-state index is 12.9. The van der Waals surface area contributed by atoms with E-state index in [4.69, 9.17) is 4.42 Å². The lowest BCUT2D eigenvalue weighted by atomic mass is 10.3. The summed E-state index contributed by atoms with van der Waals surface area (Å²) in [4.78, 5) is 14.4. The summed E-state index contributed by atoms with van der Waals surface area (Å²) in [5.41, 5.74) is 1.26. The Balaban J connectivity index is 1.63. The Labute approximate surface area is 159 Å². The fourth-order valence-corrected chi connectivity index (χ4v) is 4.39. The van der Waals surface area contributed by atoms with E-state index in [-0.39, 0.29) is 4.90 Å². The highest BCUT2D eigenvalue weighted by atomic mass is 32.2. The van der Waals surface area contributed by atoms with E-state index in [2.05, 4.69) is 22.5 Å². The molecule has 0 aliphatic carbocycles. The molecule has 0 bridgehead atoms. The number of nitrogens with one attached hydrogen (secondary N) is 2. The van der Waals surface area contributed by atoms with E-state index in [0.29, 0.717) is 25.3 Å². The average Bonchev–Trinajstić information content (AvgIpc) is 3.20. The molecule has 2 N–H and O–H groups in total. The minimum atomic E-state index is -3.58. The molecule has 1 aromatic heterocycles. The molecule has 0 spiro atoms. The molecule has 2 aromatic rings. The van der Waals surface area contributed by atoms with Gasteiger partial charge in [-0.15, -0.1) is 0 Å². The number of nitrogens with zero attached hydrogens (tertiary/aromatic N) is 2. The normalized spacial score (nSPS) is 16.2. The summed E-state index contributed by atoms with van der Waals surface area (Å²) in [6.45, 7) is 5.70. The Kier molecular flexibility index (Phi) is 6.15. The molecule has 0 unspecified atom stereocenters. The van der Waals surface area contributed by atoms with Crippen LogP contribution >= 0.6 is 0 Å². The molecule has 27 heavy (non-hydrogen) atoms. The Hall–Kier alpha value is -2.36. The summed E-state index contributed by atoms with van der Waals surface area (Å²) < 4.78 is 32.2. The van der Waals surface area contributed by atoms with Crippen molar-refractivity contribution in [2.24, 2.45) is 0 Å². The first kappa shape index (κ1) is 19.4. The first-order chi connectivity index (χ1) is 13.0. The number of carbonyl (C=O) groups excluding carboxylic acids is 1. The quantitative estimate of drug-likeness (QED) is 0.783. The summed E-state index contributed by atoms with van der Waals surface area (Å²) in [5, 5.41) is 5.36. The zero-order valence-corrected chi connectivity index (χ0v) is 16.0. The Morgan fingerprint density at radius 1 is 1.19 bits per heavy atom. The van der Waals surface area contributed by atoms with E-state index >= 15 is 0 Å². The second-order valence-corrected chi connectivity index (χ2v) is 8.24. The predicted molar refractivity (Wildman–Crippen MR) is 102 cm³/mol. The van der Waals surface area contributed by atoms with E-state index in [0.717, 1.165) is 25.2 Å². The molecule has 2 amide bonds. The Bertz CT molecular complexity index is 859. The average molecular weight is 392 g/mol. The number of hydrogen-bond donors (Lipinski definition) is 2. The number of likely N-dealkylation sites (N-methyl/N-ethyl adjacent to an activating group) is 1. The van der Waals surface area contributed by atoms with Gasteiger partial charge in [0.2, 0.25) is 10.0 Å². The van der Waals surface area contributed by atoms with Gasteiger partial charge in [0.25, 0.3) is 0 Å². The lowest BCUT2D eigenvalue weighted by Crippen LogP contribution is -2.48. The van der Waals surface area contributed by atoms with E-state index in [9.17, 15) is 13.2 Å². The second-order valence-electron chi connectivity index (χ2n) is 6.31. The summed E-state index contributed by atoms with van der Waals surface area (Å²) in [6, 6.07) is 7.66. The monoisotopic (exact) mass is 392 g/mol. The minimum Gasteiger partial charge on any atom is -0.472 e. The van der Waals surface area contributed by atoms with Crippen molar-refractivity contribution >= 4 is 21.7 Å². The zero-order valence-electron chi connectivity index (χ0n) is 15.2. The van der Waals surface area contributed by atoms with Crippen molar-refractivity contribution in [3.8, 4) is 0 Å². The van der Waals surface area contributed by atoms with Crippen LogP contribution in [0.25, 0.3) is 0 Å². The molecule has 3 rings (SSSR count). The molecule has 1 fully saturated rings. The van der Waals surface area contributed by atoms with E-state index in [1.165, 1.54) is 16.6 Å². The van der Waals surface area contributed by atoms with Gasteiger partial charge in [-0.05, 0) is 30.8 Å². The number of furan rings is 1. The molecule has 8 nitrogen and oxygen atoms in total. The van der Waals surface area contributed by atoms with Crippen LogP contribution in [-0.4, -0.2) is 56.4 Å². The molecule has 0 atom stereocenters. The molecule has 9 heteroatoms. The molecule has 0 saturated carbocycles. The molecule has 1 aliphatic heterocycles. The summed E-state index contributed by atoms with van der Waals surface area (Å²) in [6.07, 6.45) is 3.08. The summed E-state index contributed by atoms with van der Waals surface area (Å²) in [7, 11) is -3.58. The highest BCUT2D eigenvalue weighted by Crippen LogP contribution is 2.21. The highest BCUT2D eigenvalue weighted by Gasteiger charge is 2.28. The number of amides is 2. The van der Waals surface area contributed by atoms with Crippen LogP contribution in [-0.2, 0) is 16.6 Å². The number of rotatable bonds is 6. The fraction of sp³-hybridized carbons (Fsp3) is 0.389. The van der Waals surface area contributed by atoms with Crippen LogP contribution in [0, 0.1) is 0 Å². The van der Waals surface area contributed by atoms with Gasteiger partial charge in [-0.2, -0.15) is 4.31 Å². The van der Waals surface area contributed by atoms with Crippen LogP contribution in [0.1, 0.15) is 12.5 Å². The number of sulfonamides is 1. The first-order valence-electron chi connectivity index (χ1n) is 8.87. The summed E-state index contributed by atoms with van der Waals surface area (Å²) in [5.74, 6) is 0. The van der Waals surface area contributed by atoms with Gasteiger partial charge in [0.15, 0.2) is 0 Å². The number of carbonyl (C=O) groups is 1. The maximum absolute atomic E-state index is 12.9. The lowest BCUT2D eigenvalue weighted by Gasteiger charge is -2.33. The van der Waals surface area contributed by atoms with Crippen LogP contribution in [0.15, 0.2) is 52.2 Å². The van der Waals surface area contributed by atoms with E-state index in [1.807, 2.05) is 0 Å². The van der Waals surface area contributed by atoms with Gasteiger partial charge >= 0.3 is 6.03 Å². The zero-order chi connectivity index (χ0) is 19.3. The lowest BCUT2D eigenvalue weighted by molar-refractivity contribution is 0.196. The van der Waals surface area contributed by atoms with Gasteiger partial charge in [0.05, 0.1) is 17.4 Å². The third kappa shape index (κ3) is 4.88. The van der Waals surface area contributed by atoms with Crippen LogP contribution in [0.2, 0.25) is 0 Å². The molecular weight excluding hydrogens is 368 g/mol. The van der Waals surface area contributed by atoms with E-state index in [1.54, 1.807) is 30.5 Å². The van der Waals surface area contributed by atoms with Crippen molar-refractivity contribution < 1.29 is 17.6 Å². The number of benzene rings is 1. The van der Waals surface area contributed by atoms with Crippen LogP contribution in [0.4, 0.5) is 10.5 Å². The van der Waals surface area contributed by atoms with Crippen molar-refractivity contribution in [3.05, 3.63) is 48.4 Å². The number of piperazine rings is 1. The van der Waals surface area contributed by atoms with Crippen LogP contribution in [0.3, 0.4) is 0 Å². The molecule has 0 radical (unpaired) electrons. The van der Waals surface area contributed by atoms with Crippen molar-refractivity contribution in [2.75, 3.05) is 38.0 Å². The van der Waals surface area contributed by atoms with Gasteiger partial charge in [0.1, 0.15) is 0 Å². The van der Waals surface area contributed by atoms with Crippen molar-refractivity contribution in [3.63, 3.8) is 0 Å². The maximum Gasteiger partial charge on any atom is 0.319 e. The van der Waals surface area contributed by atoms with Gasteiger partial charge in [-0.25, -0.2) is 13.2 Å². The molecule has 1 aliphatic rings. The van der Waals surface area contributed by atoms with Gasteiger partial charge in [0, 0.05) is 44.0 Å². The van der Waals surface area contributed by atoms with Crippen molar-refractivity contribution in [1.29, 1.82) is 0 Å². The molecular formula is C18H24N4O4S. The van der Waals surface area contributed by atoms with Crippen molar-refractivity contribution in [2.45, 2.75) is 18.4 Å². The SMILES string of the molecule is CCN1CCN(S(=O)(=O)c2cccc(NC(=O)NCc3ccoc3)c2)CC1. The largest absolute Gasteiger partial charge is 0.472 e. The second kappa shape index (κ2) is 8.55. The Morgan fingerprint density at radius 3 is 2.63 bits per heavy atom. The van der Waals surface area contributed by atoms with Crippen LogP contribution < -0.4 is 10.6 Å². The number of hydrogen-bond acceptors (Lipinski definition) is 5. The molecule has 146 valence electrons. The third-order valence-corrected chi connectivity index (χ3v) is 6.44. The van der Waals surface area contributed by atoms with Gasteiger partial charge in [-0.1, -0.05) is 13.0 Å². The standard InChI is InChI=1S/C18H24N4O4S/c1-2-21-7-9-22(10-8-21)27(24,25)17-5-3-4-16(12-17)20-18(23)19-13-15-6-11-26-14-15/h3-6,11-12,14H,2,7-10,13H2,1H3,(H2,19,20,23). The smallest absolute Gasteiger partial charge is 0.319 e. The Morgan fingerprint density at radius 2 is 1.96 bits per heavy atom. The van der Waals surface area contributed by atoms with Gasteiger partial charge in [-0.3, -0.25) is 0 Å². The van der Waals surface area contributed by atoms with E-state index < -0.39 is 16.1 Å². The van der Waals surface area contributed by atoms with Crippen LogP contribution in [0.5, 0.6) is 0 Å². The number of urea groups is 1. The predicted octanol–water partition coefficient (Wildman–Crippen LogP) is 1.93. The van der Waals surface area contributed by atoms with Gasteiger partial charge < -0.3 is 20.0 Å². The minimum absolute atomic E-state index is 0.181. The van der Waals surface area contributed by atoms with Crippen molar-refractivity contribution in [1.82, 2.24) is 14.5 Å². The number of anilines is 1. The highest BCUT2D eigenvalue weighted by molar-refractivity contribution is 7.89. The molecule has 2 heterocycles.